The maximum absolute atomic E-state index is 11.9. The van der Waals surface area contributed by atoms with Gasteiger partial charge in [-0.25, -0.2) is 10.9 Å². The van der Waals surface area contributed by atoms with Crippen LogP contribution >= 0.6 is 0 Å². The highest BCUT2D eigenvalue weighted by molar-refractivity contribution is 6.09. The minimum atomic E-state index is -1.23. The zero-order valence-electron chi connectivity index (χ0n) is 19.6. The van der Waals surface area contributed by atoms with Gasteiger partial charge in [-0.2, -0.15) is 0 Å². The average molecular weight is 471 g/mol. The fourth-order valence-corrected chi connectivity index (χ4v) is 3.19. The summed E-state index contributed by atoms with van der Waals surface area (Å²) in [4.78, 5) is 45.0. The lowest BCUT2D eigenvalue weighted by Crippen LogP contribution is -2.42. The second kappa shape index (κ2) is 16.1. The van der Waals surface area contributed by atoms with E-state index in [1.807, 2.05) is 0 Å². The molecule has 8 heteroatoms. The molecule has 0 fully saturated rings. The molecule has 2 aromatic rings. The molecule has 0 spiro atoms. The van der Waals surface area contributed by atoms with Crippen LogP contribution in [-0.4, -0.2) is 39.0 Å². The fourth-order valence-electron chi connectivity index (χ4n) is 3.19. The third kappa shape index (κ3) is 10.4. The summed E-state index contributed by atoms with van der Waals surface area (Å²) in [5.74, 6) is 0.838. The number of carbonyl (C=O) groups excluding carboxylic acids is 2. The number of nitrogens with two attached hydrogens (primary N) is 1. The molecule has 2 rings (SSSR count). The van der Waals surface area contributed by atoms with Crippen LogP contribution in [0.2, 0.25) is 0 Å². The van der Waals surface area contributed by atoms with Crippen molar-refractivity contribution in [2.45, 2.75) is 58.3 Å². The van der Waals surface area contributed by atoms with E-state index in [9.17, 15) is 19.2 Å². The lowest BCUT2D eigenvalue weighted by molar-refractivity contribution is -0.154. The van der Waals surface area contributed by atoms with Crippen LogP contribution in [0.1, 0.15) is 79.0 Å². The van der Waals surface area contributed by atoms with Crippen LogP contribution in [0.3, 0.4) is 0 Å². The van der Waals surface area contributed by atoms with Crippen LogP contribution in [-0.2, 0) is 9.59 Å². The van der Waals surface area contributed by atoms with Gasteiger partial charge < -0.3 is 10.2 Å². The summed E-state index contributed by atoms with van der Waals surface area (Å²) < 4.78 is 0. The van der Waals surface area contributed by atoms with Crippen LogP contribution in [0.4, 0.5) is 0 Å². The number of carboxylic acids is 2. The third-order valence-electron chi connectivity index (χ3n) is 5.17. The maximum atomic E-state index is 11.9. The van der Waals surface area contributed by atoms with Crippen LogP contribution in [0.15, 0.2) is 60.7 Å². The van der Waals surface area contributed by atoms with Gasteiger partial charge in [-0.1, -0.05) is 88.3 Å². The number of hydrazine groups is 1. The number of imide groups is 1. The summed E-state index contributed by atoms with van der Waals surface area (Å²) in [5, 5.41) is 17.9. The lowest BCUT2D eigenvalue weighted by atomic mass is 10.0. The van der Waals surface area contributed by atoms with Crippen molar-refractivity contribution in [3.8, 4) is 0 Å². The first-order valence-corrected chi connectivity index (χ1v) is 11.5. The molecule has 0 saturated heterocycles. The van der Waals surface area contributed by atoms with Crippen molar-refractivity contribution in [3.63, 3.8) is 0 Å². The third-order valence-corrected chi connectivity index (χ3v) is 5.17. The Morgan fingerprint density at radius 2 is 1.09 bits per heavy atom. The molecule has 0 aliphatic carbocycles. The van der Waals surface area contributed by atoms with Gasteiger partial charge >= 0.3 is 11.9 Å². The molecule has 0 atom stereocenters. The highest BCUT2D eigenvalue weighted by Crippen LogP contribution is 2.13. The standard InChI is InChI=1S/C14H12N2O2.C12H22O4/c15-16(13(17)11-7-3-1-4-8-11)14(18)12-9-5-2-6-10-12;1-2-3-4-5-6-7-8-9-10(11(13)14)12(15)16/h1-10H,15H2;10H,2-9H2,1H3,(H,13,14)(H,15,16). The van der Waals surface area contributed by atoms with Crippen molar-refractivity contribution in [1.29, 1.82) is 0 Å². The van der Waals surface area contributed by atoms with Crippen molar-refractivity contribution < 1.29 is 29.4 Å². The predicted octanol–water partition coefficient (Wildman–Crippen LogP) is 4.76. The van der Waals surface area contributed by atoms with Gasteiger partial charge in [-0.05, 0) is 30.7 Å². The van der Waals surface area contributed by atoms with E-state index in [0.717, 1.165) is 12.8 Å². The molecule has 184 valence electrons. The first-order chi connectivity index (χ1) is 16.3. The smallest absolute Gasteiger partial charge is 0.317 e. The molecule has 0 saturated carbocycles. The second-order valence-electron chi connectivity index (χ2n) is 7.85. The van der Waals surface area contributed by atoms with Crippen molar-refractivity contribution in [1.82, 2.24) is 5.01 Å². The number of rotatable bonds is 12. The Balaban J connectivity index is 0.000000344. The minimum Gasteiger partial charge on any atom is -0.481 e. The molecule has 0 aliphatic heterocycles. The minimum absolute atomic E-state index is 0.248. The van der Waals surface area contributed by atoms with E-state index in [0.29, 0.717) is 22.6 Å². The quantitative estimate of drug-likeness (QED) is 0.102. The maximum Gasteiger partial charge on any atom is 0.317 e. The number of unbranched alkanes of at least 4 members (excludes halogenated alkanes) is 6. The molecular formula is C26H34N2O6. The highest BCUT2D eigenvalue weighted by Gasteiger charge is 2.24. The molecule has 0 unspecified atom stereocenters. The zero-order valence-corrected chi connectivity index (χ0v) is 19.6. The SMILES string of the molecule is CCCCCCCCCC(C(=O)O)C(=O)O.NN(C(=O)c1ccccc1)C(=O)c1ccccc1. The molecule has 2 aromatic carbocycles. The molecule has 0 bridgehead atoms. The van der Waals surface area contributed by atoms with E-state index < -0.39 is 29.7 Å². The summed E-state index contributed by atoms with van der Waals surface area (Å²) in [6, 6.07) is 16.9. The summed E-state index contributed by atoms with van der Waals surface area (Å²) in [6.45, 7) is 2.16. The Hall–Kier alpha value is -3.52. The molecule has 2 amide bonds. The zero-order chi connectivity index (χ0) is 25.3. The number of amides is 2. The van der Waals surface area contributed by atoms with Crippen molar-refractivity contribution in [2.24, 2.45) is 11.8 Å². The van der Waals surface area contributed by atoms with Crippen molar-refractivity contribution in [2.75, 3.05) is 0 Å². The lowest BCUT2D eigenvalue weighted by Gasteiger charge is -2.14. The number of hydrogen-bond acceptors (Lipinski definition) is 5. The van der Waals surface area contributed by atoms with Gasteiger partial charge in [0.05, 0.1) is 0 Å². The topological polar surface area (TPSA) is 138 Å². The first-order valence-electron chi connectivity index (χ1n) is 11.5. The Morgan fingerprint density at radius 1 is 0.706 bits per heavy atom. The van der Waals surface area contributed by atoms with Crippen molar-refractivity contribution in [3.05, 3.63) is 71.8 Å². The second-order valence-corrected chi connectivity index (χ2v) is 7.85. The number of aliphatic carboxylic acids is 2. The van der Waals surface area contributed by atoms with Gasteiger partial charge in [0.15, 0.2) is 5.92 Å². The predicted molar refractivity (Wildman–Crippen MR) is 129 cm³/mol. The Morgan fingerprint density at radius 3 is 1.47 bits per heavy atom. The molecule has 0 aliphatic rings. The monoisotopic (exact) mass is 470 g/mol. The summed E-state index contributed by atoms with van der Waals surface area (Å²) in [5.41, 5.74) is 0.758. The highest BCUT2D eigenvalue weighted by atomic mass is 16.4. The Kier molecular flexibility index (Phi) is 13.5. The van der Waals surface area contributed by atoms with Gasteiger partial charge in [-0.3, -0.25) is 19.2 Å². The number of carbonyl (C=O) groups is 4. The Bertz CT molecular complexity index is 837. The number of nitrogens with zero attached hydrogens (tertiary/aromatic N) is 1. The molecule has 4 N–H and O–H groups in total. The van der Waals surface area contributed by atoms with Gasteiger partial charge in [0, 0.05) is 11.1 Å². The van der Waals surface area contributed by atoms with E-state index in [2.05, 4.69) is 6.92 Å². The fraction of sp³-hybridized carbons (Fsp3) is 0.385. The number of hydrogen-bond donors (Lipinski definition) is 3. The van der Waals surface area contributed by atoms with Crippen LogP contribution in [0, 0.1) is 5.92 Å². The molecular weight excluding hydrogens is 436 g/mol. The largest absolute Gasteiger partial charge is 0.481 e. The number of benzene rings is 2. The molecule has 0 aromatic heterocycles. The Labute approximate surface area is 200 Å². The first kappa shape index (κ1) is 28.5. The van der Waals surface area contributed by atoms with E-state index in [-0.39, 0.29) is 6.42 Å². The van der Waals surface area contributed by atoms with E-state index in [1.54, 1.807) is 60.7 Å². The molecule has 34 heavy (non-hydrogen) atoms. The average Bonchev–Trinajstić information content (AvgIpc) is 2.85. The molecule has 0 radical (unpaired) electrons. The van der Waals surface area contributed by atoms with Gasteiger partial charge in [-0.15, -0.1) is 0 Å². The van der Waals surface area contributed by atoms with E-state index >= 15 is 0 Å². The molecule has 8 nitrogen and oxygen atoms in total. The summed E-state index contributed by atoms with van der Waals surface area (Å²) in [7, 11) is 0. The van der Waals surface area contributed by atoms with Crippen LogP contribution in [0.25, 0.3) is 0 Å². The van der Waals surface area contributed by atoms with E-state index in [4.69, 9.17) is 16.1 Å². The van der Waals surface area contributed by atoms with Crippen molar-refractivity contribution >= 4 is 23.8 Å². The normalized spacial score (nSPS) is 10.2. The summed E-state index contributed by atoms with van der Waals surface area (Å²) >= 11 is 0. The van der Waals surface area contributed by atoms with Gasteiger partial charge in [0.2, 0.25) is 0 Å². The summed E-state index contributed by atoms with van der Waals surface area (Å²) in [6.07, 6.45) is 7.78. The molecule has 0 heterocycles. The number of carboxylic acid groups (broad SMARTS) is 2. The van der Waals surface area contributed by atoms with Gasteiger partial charge in [0.25, 0.3) is 11.8 Å². The van der Waals surface area contributed by atoms with Crippen LogP contribution in [0.5, 0.6) is 0 Å². The van der Waals surface area contributed by atoms with Gasteiger partial charge in [0.1, 0.15) is 0 Å². The van der Waals surface area contributed by atoms with Crippen LogP contribution < -0.4 is 5.84 Å². The van der Waals surface area contributed by atoms with E-state index in [1.165, 1.54) is 25.7 Å².